The zero-order valence-electron chi connectivity index (χ0n) is 17.3. The molecule has 0 unspecified atom stereocenters. The SMILES string of the molecule is CCOCCCNC(=S)N(Cc1cc2ccc(C)cc2[nH]c1=O)C[C@@H]1CCCO1. The van der Waals surface area contributed by atoms with Crippen molar-refractivity contribution in [2.24, 2.45) is 0 Å². The van der Waals surface area contributed by atoms with Gasteiger partial charge in [0.2, 0.25) is 0 Å². The second-order valence-corrected chi connectivity index (χ2v) is 7.90. The Kier molecular flexibility index (Phi) is 8.03. The van der Waals surface area contributed by atoms with Crippen LogP contribution in [0.25, 0.3) is 10.9 Å². The maximum absolute atomic E-state index is 12.7. The second kappa shape index (κ2) is 10.7. The minimum Gasteiger partial charge on any atom is -0.382 e. The molecule has 6 nitrogen and oxygen atoms in total. The number of H-pyrrole nitrogens is 1. The molecular formula is C22H31N3O3S. The number of aromatic nitrogens is 1. The van der Waals surface area contributed by atoms with Gasteiger partial charge < -0.3 is 24.7 Å². The number of fused-ring (bicyclic) bond motifs is 1. The van der Waals surface area contributed by atoms with Gasteiger partial charge in [-0.05, 0) is 68.4 Å². The molecule has 1 fully saturated rings. The number of hydrogen-bond donors (Lipinski definition) is 2. The quantitative estimate of drug-likeness (QED) is 0.483. The summed E-state index contributed by atoms with van der Waals surface area (Å²) in [6.07, 6.45) is 3.14. The summed E-state index contributed by atoms with van der Waals surface area (Å²) in [6.45, 7) is 8.12. The van der Waals surface area contributed by atoms with Crippen LogP contribution in [0, 0.1) is 6.92 Å². The largest absolute Gasteiger partial charge is 0.382 e. The maximum Gasteiger partial charge on any atom is 0.253 e. The van der Waals surface area contributed by atoms with E-state index in [0.717, 1.165) is 55.5 Å². The average molecular weight is 418 g/mol. The van der Waals surface area contributed by atoms with E-state index < -0.39 is 0 Å². The molecule has 2 aromatic rings. The fraction of sp³-hybridized carbons (Fsp3) is 0.545. The fourth-order valence-electron chi connectivity index (χ4n) is 3.56. The van der Waals surface area contributed by atoms with Gasteiger partial charge in [0.1, 0.15) is 0 Å². The molecule has 0 spiro atoms. The van der Waals surface area contributed by atoms with Crippen molar-refractivity contribution >= 4 is 28.2 Å². The molecule has 3 rings (SSSR count). The molecule has 2 N–H and O–H groups in total. The average Bonchev–Trinajstić information content (AvgIpc) is 3.21. The Bertz CT molecular complexity index is 877. The van der Waals surface area contributed by atoms with Gasteiger partial charge in [-0.25, -0.2) is 0 Å². The summed E-state index contributed by atoms with van der Waals surface area (Å²) in [5, 5.41) is 4.99. The summed E-state index contributed by atoms with van der Waals surface area (Å²) in [5.41, 5.74) is 2.62. The third kappa shape index (κ3) is 6.26. The lowest BCUT2D eigenvalue weighted by molar-refractivity contribution is 0.0896. The Hall–Kier alpha value is -1.96. The Morgan fingerprint density at radius 2 is 2.28 bits per heavy atom. The zero-order valence-corrected chi connectivity index (χ0v) is 18.1. The van der Waals surface area contributed by atoms with Crippen LogP contribution in [-0.4, -0.2) is 54.0 Å². The van der Waals surface area contributed by atoms with E-state index in [0.29, 0.717) is 30.4 Å². The van der Waals surface area contributed by atoms with Crippen molar-refractivity contribution in [1.29, 1.82) is 0 Å². The normalized spacial score (nSPS) is 16.3. The molecule has 1 aliphatic rings. The molecule has 0 aliphatic carbocycles. The molecule has 1 aromatic carbocycles. The van der Waals surface area contributed by atoms with E-state index in [2.05, 4.69) is 21.3 Å². The van der Waals surface area contributed by atoms with E-state index in [4.69, 9.17) is 21.7 Å². The predicted molar refractivity (Wildman–Crippen MR) is 120 cm³/mol. The van der Waals surface area contributed by atoms with E-state index in [-0.39, 0.29) is 11.7 Å². The number of aryl methyl sites for hydroxylation is 1. The van der Waals surface area contributed by atoms with Crippen molar-refractivity contribution in [3.05, 3.63) is 45.7 Å². The standard InChI is InChI=1S/C22H31N3O3S/c1-3-27-10-5-9-23-22(29)25(15-19-6-4-11-28-19)14-18-13-17-8-7-16(2)12-20(17)24-21(18)26/h7-8,12-13,19H,3-6,9-11,14-15H2,1-2H3,(H,23,29)(H,24,26)/t19-/m0/s1. The number of thiocarbonyl (C=S) groups is 1. The van der Waals surface area contributed by atoms with Crippen molar-refractivity contribution in [3.8, 4) is 0 Å². The number of nitrogens with one attached hydrogen (secondary N) is 2. The maximum atomic E-state index is 12.7. The van der Waals surface area contributed by atoms with Crippen molar-refractivity contribution in [1.82, 2.24) is 15.2 Å². The molecule has 1 aliphatic heterocycles. The number of pyridine rings is 1. The molecule has 0 radical (unpaired) electrons. The van der Waals surface area contributed by atoms with Gasteiger partial charge in [0.05, 0.1) is 12.6 Å². The first-order chi connectivity index (χ1) is 14.1. The van der Waals surface area contributed by atoms with Crippen LogP contribution >= 0.6 is 12.2 Å². The van der Waals surface area contributed by atoms with Crippen molar-refractivity contribution in [3.63, 3.8) is 0 Å². The van der Waals surface area contributed by atoms with E-state index in [9.17, 15) is 4.79 Å². The number of aromatic amines is 1. The molecular weight excluding hydrogens is 386 g/mol. The predicted octanol–water partition coefficient (Wildman–Crippen LogP) is 3.12. The lowest BCUT2D eigenvalue weighted by Crippen LogP contribution is -2.44. The van der Waals surface area contributed by atoms with Crippen LogP contribution in [-0.2, 0) is 16.0 Å². The van der Waals surface area contributed by atoms with Crippen LogP contribution in [0.4, 0.5) is 0 Å². The number of nitrogens with zero attached hydrogens (tertiary/aromatic N) is 1. The highest BCUT2D eigenvalue weighted by Gasteiger charge is 2.22. The third-order valence-corrected chi connectivity index (χ3v) is 5.52. The Morgan fingerprint density at radius 1 is 1.41 bits per heavy atom. The van der Waals surface area contributed by atoms with E-state index in [1.165, 1.54) is 0 Å². The zero-order chi connectivity index (χ0) is 20.6. The van der Waals surface area contributed by atoms with Gasteiger partial charge in [0.25, 0.3) is 5.56 Å². The smallest absolute Gasteiger partial charge is 0.253 e. The van der Waals surface area contributed by atoms with Gasteiger partial charge in [-0.1, -0.05) is 12.1 Å². The molecule has 2 heterocycles. The lowest BCUT2D eigenvalue weighted by Gasteiger charge is -2.28. The number of rotatable bonds is 9. The first kappa shape index (κ1) is 21.7. The number of ether oxygens (including phenoxy) is 2. The van der Waals surface area contributed by atoms with Crippen molar-refractivity contribution in [2.45, 2.75) is 45.8 Å². The third-order valence-electron chi connectivity index (χ3n) is 5.12. The van der Waals surface area contributed by atoms with E-state index in [1.54, 1.807) is 0 Å². The van der Waals surface area contributed by atoms with Crippen LogP contribution in [0.1, 0.15) is 37.3 Å². The molecule has 29 heavy (non-hydrogen) atoms. The molecule has 1 saturated heterocycles. The van der Waals surface area contributed by atoms with Gasteiger partial charge in [0.15, 0.2) is 5.11 Å². The van der Waals surface area contributed by atoms with Crippen LogP contribution in [0.2, 0.25) is 0 Å². The Balaban J connectivity index is 1.72. The van der Waals surface area contributed by atoms with Gasteiger partial charge in [-0.15, -0.1) is 0 Å². The van der Waals surface area contributed by atoms with Crippen LogP contribution in [0.15, 0.2) is 29.1 Å². The van der Waals surface area contributed by atoms with Crippen molar-refractivity contribution in [2.75, 3.05) is 32.9 Å². The molecule has 0 saturated carbocycles. The van der Waals surface area contributed by atoms with E-state index >= 15 is 0 Å². The second-order valence-electron chi connectivity index (χ2n) is 7.51. The van der Waals surface area contributed by atoms with Gasteiger partial charge in [0, 0.05) is 44.0 Å². The monoisotopic (exact) mass is 417 g/mol. The lowest BCUT2D eigenvalue weighted by atomic mass is 10.1. The van der Waals surface area contributed by atoms with Crippen LogP contribution in [0.5, 0.6) is 0 Å². The first-order valence-electron chi connectivity index (χ1n) is 10.4. The van der Waals surface area contributed by atoms with Gasteiger partial charge in [-0.3, -0.25) is 4.79 Å². The molecule has 0 amide bonds. The molecule has 0 bridgehead atoms. The minimum absolute atomic E-state index is 0.0698. The van der Waals surface area contributed by atoms with Crippen LogP contribution < -0.4 is 10.9 Å². The molecule has 158 valence electrons. The fourth-order valence-corrected chi connectivity index (χ4v) is 3.80. The molecule has 1 aromatic heterocycles. The van der Waals surface area contributed by atoms with Gasteiger partial charge in [-0.2, -0.15) is 0 Å². The Morgan fingerprint density at radius 3 is 3.03 bits per heavy atom. The van der Waals surface area contributed by atoms with Crippen molar-refractivity contribution < 1.29 is 9.47 Å². The minimum atomic E-state index is -0.0698. The summed E-state index contributed by atoms with van der Waals surface area (Å²) < 4.78 is 11.2. The van der Waals surface area contributed by atoms with Gasteiger partial charge >= 0.3 is 0 Å². The highest BCUT2D eigenvalue weighted by Crippen LogP contribution is 2.17. The number of benzene rings is 1. The van der Waals surface area contributed by atoms with E-state index in [1.807, 2.05) is 32.0 Å². The Labute approximate surface area is 177 Å². The topological polar surface area (TPSA) is 66.6 Å². The summed E-state index contributed by atoms with van der Waals surface area (Å²) in [7, 11) is 0. The summed E-state index contributed by atoms with van der Waals surface area (Å²) >= 11 is 5.65. The highest BCUT2D eigenvalue weighted by atomic mass is 32.1. The first-order valence-corrected chi connectivity index (χ1v) is 10.8. The summed E-state index contributed by atoms with van der Waals surface area (Å²) in [4.78, 5) is 17.7. The highest BCUT2D eigenvalue weighted by molar-refractivity contribution is 7.80. The number of hydrogen-bond acceptors (Lipinski definition) is 4. The molecule has 1 atom stereocenters. The summed E-state index contributed by atoms with van der Waals surface area (Å²) in [5.74, 6) is 0. The summed E-state index contributed by atoms with van der Waals surface area (Å²) in [6, 6.07) is 8.06. The molecule has 7 heteroatoms. The van der Waals surface area contributed by atoms with Crippen LogP contribution in [0.3, 0.4) is 0 Å².